The first kappa shape index (κ1) is 59.4. The third-order valence-electron chi connectivity index (χ3n) is 12.5. The van der Waals surface area contributed by atoms with E-state index in [2.05, 4.69) is 34.6 Å². The predicted octanol–water partition coefficient (Wildman–Crippen LogP) is 17.7. The maximum Gasteiger partial charge on any atom is 0.306 e. The van der Waals surface area contributed by atoms with Crippen LogP contribution in [-0.2, 0) is 28.6 Å². The average molecular weight is 863 g/mol. The Morgan fingerprint density at radius 3 is 0.803 bits per heavy atom. The van der Waals surface area contributed by atoms with E-state index < -0.39 is 6.10 Å². The molecule has 0 aliphatic rings. The smallest absolute Gasteiger partial charge is 0.306 e. The highest BCUT2D eigenvalue weighted by Crippen LogP contribution is 2.18. The van der Waals surface area contributed by atoms with Crippen molar-refractivity contribution in [1.82, 2.24) is 0 Å². The van der Waals surface area contributed by atoms with E-state index in [4.69, 9.17) is 14.2 Å². The number of hydrogen-bond donors (Lipinski definition) is 0. The van der Waals surface area contributed by atoms with Crippen LogP contribution in [0.3, 0.4) is 0 Å². The van der Waals surface area contributed by atoms with E-state index in [0.29, 0.717) is 19.3 Å². The van der Waals surface area contributed by atoms with E-state index in [-0.39, 0.29) is 31.1 Å². The minimum absolute atomic E-state index is 0.0633. The van der Waals surface area contributed by atoms with Crippen LogP contribution in [0.1, 0.15) is 304 Å². The number of esters is 3. The lowest BCUT2D eigenvalue weighted by atomic mass is 10.0. The topological polar surface area (TPSA) is 78.9 Å². The molecular formula is C55H106O6. The van der Waals surface area contributed by atoms with Gasteiger partial charge in [-0.15, -0.1) is 0 Å². The van der Waals surface area contributed by atoms with Crippen molar-refractivity contribution in [2.24, 2.45) is 11.8 Å². The van der Waals surface area contributed by atoms with Crippen molar-refractivity contribution in [2.75, 3.05) is 13.2 Å². The number of carbonyl (C=O) groups is 3. The number of hydrogen-bond acceptors (Lipinski definition) is 6. The summed E-state index contributed by atoms with van der Waals surface area (Å²) in [6.45, 7) is 11.4. The quantitative estimate of drug-likeness (QED) is 0.0344. The second kappa shape index (κ2) is 47.9. The van der Waals surface area contributed by atoms with E-state index >= 15 is 0 Å². The Bertz CT molecular complexity index is 931. The van der Waals surface area contributed by atoms with Crippen molar-refractivity contribution in [3.05, 3.63) is 0 Å². The molecule has 0 N–H and O–H groups in total. The molecule has 362 valence electrons. The van der Waals surface area contributed by atoms with Gasteiger partial charge in [0, 0.05) is 19.3 Å². The van der Waals surface area contributed by atoms with Crippen molar-refractivity contribution in [3.63, 3.8) is 0 Å². The van der Waals surface area contributed by atoms with Crippen LogP contribution in [0.2, 0.25) is 0 Å². The van der Waals surface area contributed by atoms with Crippen LogP contribution in [0.25, 0.3) is 0 Å². The molecule has 6 nitrogen and oxygen atoms in total. The highest BCUT2D eigenvalue weighted by atomic mass is 16.6. The van der Waals surface area contributed by atoms with E-state index in [1.165, 1.54) is 193 Å². The molecule has 0 spiro atoms. The van der Waals surface area contributed by atoms with Gasteiger partial charge >= 0.3 is 17.9 Å². The molecule has 61 heavy (non-hydrogen) atoms. The molecule has 0 saturated carbocycles. The molecule has 0 rings (SSSR count). The van der Waals surface area contributed by atoms with Gasteiger partial charge in [0.2, 0.25) is 0 Å². The van der Waals surface area contributed by atoms with Crippen molar-refractivity contribution < 1.29 is 28.6 Å². The molecule has 0 fully saturated rings. The van der Waals surface area contributed by atoms with Gasteiger partial charge in [0.1, 0.15) is 13.2 Å². The third kappa shape index (κ3) is 49.3. The van der Waals surface area contributed by atoms with Gasteiger partial charge in [-0.05, 0) is 31.1 Å². The Kier molecular flexibility index (Phi) is 46.6. The first-order valence-electron chi connectivity index (χ1n) is 27.2. The van der Waals surface area contributed by atoms with Crippen LogP contribution in [0.5, 0.6) is 0 Å². The lowest BCUT2D eigenvalue weighted by molar-refractivity contribution is -0.167. The maximum atomic E-state index is 12.8. The summed E-state index contributed by atoms with van der Waals surface area (Å²) in [5.74, 6) is 0.815. The summed E-state index contributed by atoms with van der Waals surface area (Å²) in [4.78, 5) is 38.0. The molecule has 0 amide bonds. The first-order valence-corrected chi connectivity index (χ1v) is 27.2. The summed E-state index contributed by atoms with van der Waals surface area (Å²) in [5.41, 5.74) is 0. The zero-order valence-corrected chi connectivity index (χ0v) is 41.8. The Balaban J connectivity index is 4.27. The summed E-state index contributed by atoms with van der Waals surface area (Å²) in [7, 11) is 0. The van der Waals surface area contributed by atoms with Crippen LogP contribution in [0, 0.1) is 11.8 Å². The fourth-order valence-electron chi connectivity index (χ4n) is 8.34. The molecule has 6 heteroatoms. The molecule has 0 bridgehead atoms. The molecule has 0 aromatic heterocycles. The van der Waals surface area contributed by atoms with E-state index in [1.54, 1.807) is 0 Å². The van der Waals surface area contributed by atoms with Crippen LogP contribution >= 0.6 is 0 Å². The Morgan fingerprint density at radius 2 is 0.541 bits per heavy atom. The SMILES string of the molecule is CCCCCCCCCCCCCCC(=O)OC[C@H](COC(=O)CCCCCCCCCCCC(C)C)OC(=O)CCCCCCCCCCCCCCCCCCC(C)C. The molecule has 1 atom stereocenters. The lowest BCUT2D eigenvalue weighted by Gasteiger charge is -2.18. The van der Waals surface area contributed by atoms with Crippen molar-refractivity contribution >= 4 is 17.9 Å². The van der Waals surface area contributed by atoms with Crippen molar-refractivity contribution in [3.8, 4) is 0 Å². The van der Waals surface area contributed by atoms with Gasteiger partial charge in [0.25, 0.3) is 0 Å². The van der Waals surface area contributed by atoms with Gasteiger partial charge < -0.3 is 14.2 Å². The number of carbonyl (C=O) groups excluding carboxylic acids is 3. The highest BCUT2D eigenvalue weighted by molar-refractivity contribution is 5.71. The molecule has 0 unspecified atom stereocenters. The molecule has 0 heterocycles. The number of unbranched alkanes of at least 4 members (excludes halogenated alkanes) is 34. The molecule has 0 radical (unpaired) electrons. The second-order valence-electron chi connectivity index (χ2n) is 19.8. The molecule has 0 aromatic rings. The zero-order chi connectivity index (χ0) is 44.7. The number of ether oxygens (including phenoxy) is 3. The summed E-state index contributed by atoms with van der Waals surface area (Å²) in [5, 5.41) is 0. The summed E-state index contributed by atoms with van der Waals surface area (Å²) < 4.78 is 16.8. The molecule has 0 aromatic carbocycles. The lowest BCUT2D eigenvalue weighted by Crippen LogP contribution is -2.30. The summed E-state index contributed by atoms with van der Waals surface area (Å²) in [6.07, 6.45) is 49.5. The maximum absolute atomic E-state index is 12.8. The normalized spacial score (nSPS) is 12.0. The fourth-order valence-corrected chi connectivity index (χ4v) is 8.34. The van der Waals surface area contributed by atoms with Crippen LogP contribution in [0.4, 0.5) is 0 Å². The van der Waals surface area contributed by atoms with E-state index in [9.17, 15) is 14.4 Å². The van der Waals surface area contributed by atoms with Gasteiger partial charge in [0.05, 0.1) is 0 Å². The van der Waals surface area contributed by atoms with Gasteiger partial charge in [0.15, 0.2) is 6.10 Å². The monoisotopic (exact) mass is 863 g/mol. The second-order valence-corrected chi connectivity index (χ2v) is 19.8. The largest absolute Gasteiger partial charge is 0.462 e. The van der Waals surface area contributed by atoms with Crippen LogP contribution in [0.15, 0.2) is 0 Å². The average Bonchev–Trinajstić information content (AvgIpc) is 3.23. The predicted molar refractivity (Wildman–Crippen MR) is 261 cm³/mol. The molecule has 0 aliphatic heterocycles. The fraction of sp³-hybridized carbons (Fsp3) is 0.945. The highest BCUT2D eigenvalue weighted by Gasteiger charge is 2.19. The summed E-state index contributed by atoms with van der Waals surface area (Å²) >= 11 is 0. The van der Waals surface area contributed by atoms with Gasteiger partial charge in [-0.25, -0.2) is 0 Å². The van der Waals surface area contributed by atoms with Crippen LogP contribution in [-0.4, -0.2) is 37.2 Å². The minimum atomic E-state index is -0.762. The zero-order valence-electron chi connectivity index (χ0n) is 41.8. The van der Waals surface area contributed by atoms with Gasteiger partial charge in [-0.2, -0.15) is 0 Å². The Labute approximate surface area is 380 Å². The molecule has 0 aliphatic carbocycles. The van der Waals surface area contributed by atoms with Crippen molar-refractivity contribution in [2.45, 2.75) is 310 Å². The van der Waals surface area contributed by atoms with Gasteiger partial charge in [-0.1, -0.05) is 266 Å². The first-order chi connectivity index (χ1) is 29.7. The Morgan fingerprint density at radius 1 is 0.311 bits per heavy atom. The van der Waals surface area contributed by atoms with E-state index in [1.807, 2.05) is 0 Å². The van der Waals surface area contributed by atoms with Crippen molar-refractivity contribution in [1.29, 1.82) is 0 Å². The summed E-state index contributed by atoms with van der Waals surface area (Å²) in [6, 6.07) is 0. The minimum Gasteiger partial charge on any atom is -0.462 e. The van der Waals surface area contributed by atoms with E-state index in [0.717, 1.165) is 69.6 Å². The third-order valence-corrected chi connectivity index (χ3v) is 12.5. The molecular weight excluding hydrogens is 757 g/mol. The van der Waals surface area contributed by atoms with Gasteiger partial charge in [-0.3, -0.25) is 14.4 Å². The van der Waals surface area contributed by atoms with Crippen LogP contribution < -0.4 is 0 Å². The number of rotatable bonds is 49. The standard InChI is InChI=1S/C55H106O6/c1-6-7-8-9-10-11-12-20-25-30-35-40-45-53(56)59-48-52(49-60-54(57)46-41-36-31-27-22-24-29-34-39-44-51(4)5)61-55(58)47-42-37-32-26-21-18-16-14-13-15-17-19-23-28-33-38-43-50(2)3/h50-52H,6-49H2,1-5H3/t52-/m1/s1. The Hall–Kier alpha value is -1.59. The molecule has 0 saturated heterocycles.